The second-order valence-corrected chi connectivity index (χ2v) is 9.60. The average Bonchev–Trinajstić information content (AvgIpc) is 3.44. The van der Waals surface area contributed by atoms with Crippen LogP contribution >= 0.6 is 21.0 Å². The molecule has 3 aromatic rings. The Hall–Kier alpha value is -2.62. The van der Waals surface area contributed by atoms with E-state index in [1.165, 1.54) is 18.0 Å². The fourth-order valence-electron chi connectivity index (χ4n) is 4.14. The van der Waals surface area contributed by atoms with E-state index in [9.17, 15) is 22.4 Å². The van der Waals surface area contributed by atoms with Crippen LogP contribution in [0.15, 0.2) is 35.9 Å². The smallest absolute Gasteiger partial charge is 0.347 e. The number of carbonyl (C=O) groups excluding carboxylic acids is 1. The number of hydrogen-bond donors (Lipinski definition) is 1. The number of aromatic nitrogens is 3. The van der Waals surface area contributed by atoms with Crippen molar-refractivity contribution >= 4 is 32.3 Å². The zero-order valence-electron chi connectivity index (χ0n) is 20.6. The molecule has 1 atom stereocenters. The molecule has 2 heterocycles. The largest absolute Gasteiger partial charge is 0.419 e. The summed E-state index contributed by atoms with van der Waals surface area (Å²) in [6, 6.07) is 3.67. The Morgan fingerprint density at radius 2 is 1.78 bits per heavy atom. The normalized spacial score (nSPS) is 14.2. The van der Waals surface area contributed by atoms with Crippen molar-refractivity contribution in [1.82, 2.24) is 20.3 Å². The Bertz CT molecular complexity index is 1230. The van der Waals surface area contributed by atoms with Gasteiger partial charge in [0.2, 0.25) is 11.6 Å². The summed E-state index contributed by atoms with van der Waals surface area (Å²) < 4.78 is 60.6. The predicted octanol–water partition coefficient (Wildman–Crippen LogP) is 4.96. The van der Waals surface area contributed by atoms with Crippen molar-refractivity contribution in [2.45, 2.75) is 43.2 Å². The molecule has 1 unspecified atom stereocenters. The first-order chi connectivity index (χ1) is 17.7. The molecule has 0 bridgehead atoms. The third-order valence-corrected chi connectivity index (χ3v) is 7.18. The predicted molar refractivity (Wildman–Crippen MR) is 137 cm³/mol. The van der Waals surface area contributed by atoms with Crippen LogP contribution in [-0.4, -0.2) is 40.8 Å². The fourth-order valence-corrected chi connectivity index (χ4v) is 4.79. The Morgan fingerprint density at radius 1 is 1.14 bits per heavy atom. The molecule has 1 aliphatic rings. The van der Waals surface area contributed by atoms with Gasteiger partial charge in [-0.15, -0.1) is 0 Å². The molecule has 0 spiro atoms. The maximum Gasteiger partial charge on any atom is 0.347 e. The number of pyridine rings is 1. The second-order valence-electron chi connectivity index (χ2n) is 8.25. The molecule has 1 aliphatic carbocycles. The van der Waals surface area contributed by atoms with Crippen molar-refractivity contribution in [2.75, 3.05) is 19.8 Å². The summed E-state index contributed by atoms with van der Waals surface area (Å²) in [6.45, 7) is 3.14. The number of esters is 1. The van der Waals surface area contributed by atoms with Crippen molar-refractivity contribution in [3.63, 3.8) is 0 Å². The molecule has 0 aliphatic heterocycles. The van der Waals surface area contributed by atoms with E-state index in [-0.39, 0.29) is 5.56 Å². The molecule has 4 rings (SSSR count). The summed E-state index contributed by atoms with van der Waals surface area (Å²) >= 11 is 1.28. The molecule has 37 heavy (non-hydrogen) atoms. The Balaban J connectivity index is 0.000000886. The molecule has 0 amide bonds. The van der Waals surface area contributed by atoms with Gasteiger partial charge in [-0.05, 0) is 44.3 Å². The van der Waals surface area contributed by atoms with Crippen molar-refractivity contribution in [2.24, 2.45) is 0 Å². The van der Waals surface area contributed by atoms with Crippen LogP contribution in [0.3, 0.4) is 0 Å². The summed E-state index contributed by atoms with van der Waals surface area (Å²) in [4.78, 5) is 26.1. The molecule has 2 aromatic heterocycles. The van der Waals surface area contributed by atoms with E-state index in [1.54, 1.807) is 34.0 Å². The summed E-state index contributed by atoms with van der Waals surface area (Å²) in [7, 11) is 3.65. The van der Waals surface area contributed by atoms with Gasteiger partial charge in [-0.25, -0.2) is 27.9 Å². The number of nitrogens with zero attached hydrogens (tertiary/aromatic N) is 3. The van der Waals surface area contributed by atoms with Crippen molar-refractivity contribution in [3.8, 4) is 5.75 Å². The Kier molecular flexibility index (Phi) is 9.98. The maximum absolute atomic E-state index is 14.3. The zero-order chi connectivity index (χ0) is 27.2. The standard InChI is InChI=1S/C22H18F4N3O2PS.C3H9N/c1-33-21-28-10-12(20(30)31-17-15(25)13(23)14(24)16(26)18(17)32)19(29-21)22(6-2-3-7-22)11-5-4-8-27-9-11;1-3-4-2/h4-5,8-10H,2-3,6-7,32H2,1H3;4H,3H2,1-2H3. The fraction of sp³-hybridized carbons (Fsp3) is 0.360. The van der Waals surface area contributed by atoms with Gasteiger partial charge in [0.25, 0.3) is 0 Å². The van der Waals surface area contributed by atoms with Crippen LogP contribution in [0.4, 0.5) is 17.6 Å². The molecule has 0 radical (unpaired) electrons. The highest BCUT2D eigenvalue weighted by Crippen LogP contribution is 2.47. The first kappa shape index (κ1) is 28.9. The molecule has 198 valence electrons. The van der Waals surface area contributed by atoms with E-state index < -0.39 is 45.7 Å². The molecule has 6 nitrogen and oxygen atoms in total. The quantitative estimate of drug-likeness (QED) is 0.0675. The Labute approximate surface area is 219 Å². The molecule has 0 saturated heterocycles. The second kappa shape index (κ2) is 12.8. The molecule has 12 heteroatoms. The SMILES string of the molecule is CCNC.CSc1ncc(C(=O)Oc2c(F)c(F)c(F)c(F)c2P)c(C2(c3cccnc3)CCCC2)n1. The molecule has 1 N–H and O–H groups in total. The lowest BCUT2D eigenvalue weighted by molar-refractivity contribution is 0.0723. The van der Waals surface area contributed by atoms with E-state index in [0.717, 1.165) is 24.9 Å². The molecule has 1 fully saturated rings. The number of nitrogens with one attached hydrogen (secondary N) is 1. The molecule has 1 aromatic carbocycles. The zero-order valence-corrected chi connectivity index (χ0v) is 22.5. The third-order valence-electron chi connectivity index (χ3n) is 6.10. The molecular weight excluding hydrogens is 527 g/mol. The monoisotopic (exact) mass is 554 g/mol. The summed E-state index contributed by atoms with van der Waals surface area (Å²) in [5.41, 5.74) is 0.468. The number of benzene rings is 1. The lowest BCUT2D eigenvalue weighted by Crippen LogP contribution is -2.30. The van der Waals surface area contributed by atoms with Crippen LogP contribution in [0.2, 0.25) is 0 Å². The molecule has 1 saturated carbocycles. The highest BCUT2D eigenvalue weighted by molar-refractivity contribution is 7.98. The van der Waals surface area contributed by atoms with Gasteiger partial charge in [0.05, 0.1) is 11.0 Å². The first-order valence-corrected chi connectivity index (χ1v) is 13.3. The maximum atomic E-state index is 14.3. The molecular formula is C25H27F4N4O2PS. The third kappa shape index (κ3) is 5.94. The van der Waals surface area contributed by atoms with Gasteiger partial charge in [0.1, 0.15) is 5.56 Å². The van der Waals surface area contributed by atoms with Crippen LogP contribution in [0.25, 0.3) is 0 Å². The highest BCUT2D eigenvalue weighted by Gasteiger charge is 2.42. The van der Waals surface area contributed by atoms with Crippen LogP contribution in [0, 0.1) is 23.3 Å². The van der Waals surface area contributed by atoms with E-state index in [1.807, 2.05) is 13.1 Å². The van der Waals surface area contributed by atoms with Gasteiger partial charge in [-0.2, -0.15) is 4.39 Å². The lowest BCUT2D eigenvalue weighted by atomic mass is 9.75. The van der Waals surface area contributed by atoms with Crippen LogP contribution < -0.4 is 15.4 Å². The van der Waals surface area contributed by atoms with Crippen molar-refractivity contribution < 1.29 is 27.1 Å². The van der Waals surface area contributed by atoms with E-state index in [2.05, 4.69) is 27.2 Å². The van der Waals surface area contributed by atoms with Gasteiger partial charge in [-0.3, -0.25) is 4.98 Å². The first-order valence-electron chi connectivity index (χ1n) is 11.5. The van der Waals surface area contributed by atoms with Crippen LogP contribution in [0.5, 0.6) is 5.75 Å². The van der Waals surface area contributed by atoms with E-state index in [4.69, 9.17) is 4.74 Å². The van der Waals surface area contributed by atoms with Crippen molar-refractivity contribution in [1.29, 1.82) is 0 Å². The number of rotatable bonds is 6. The number of ether oxygens (including phenoxy) is 1. The number of halogens is 4. The summed E-state index contributed by atoms with van der Waals surface area (Å²) in [5.74, 6) is -9.70. The lowest BCUT2D eigenvalue weighted by Gasteiger charge is -2.30. The Morgan fingerprint density at radius 3 is 2.35 bits per heavy atom. The minimum absolute atomic E-state index is 0.0764. The number of carbonyl (C=O) groups is 1. The van der Waals surface area contributed by atoms with Gasteiger partial charge < -0.3 is 10.1 Å². The average molecular weight is 555 g/mol. The van der Waals surface area contributed by atoms with Crippen molar-refractivity contribution in [3.05, 3.63) is 70.8 Å². The topological polar surface area (TPSA) is 77.0 Å². The van der Waals surface area contributed by atoms with Gasteiger partial charge in [0.15, 0.2) is 22.5 Å². The van der Waals surface area contributed by atoms with Gasteiger partial charge in [0, 0.05) is 24.0 Å². The van der Waals surface area contributed by atoms with Crippen LogP contribution in [0.1, 0.15) is 54.2 Å². The summed E-state index contributed by atoms with van der Waals surface area (Å²) in [6.07, 6.45) is 9.47. The highest BCUT2D eigenvalue weighted by atomic mass is 32.2. The minimum atomic E-state index is -2.07. The summed E-state index contributed by atoms with van der Waals surface area (Å²) in [5, 5.41) is 2.60. The number of thioether (sulfide) groups is 1. The minimum Gasteiger partial charge on any atom is -0.419 e. The number of hydrogen-bond acceptors (Lipinski definition) is 7. The van der Waals surface area contributed by atoms with Gasteiger partial charge >= 0.3 is 5.97 Å². The van der Waals surface area contributed by atoms with E-state index in [0.29, 0.717) is 23.7 Å². The van der Waals surface area contributed by atoms with Gasteiger partial charge in [-0.1, -0.05) is 46.8 Å². The van der Waals surface area contributed by atoms with Crippen LogP contribution in [-0.2, 0) is 5.41 Å². The van der Waals surface area contributed by atoms with E-state index >= 15 is 0 Å².